The van der Waals surface area contributed by atoms with E-state index >= 15 is 0 Å². The third-order valence-corrected chi connectivity index (χ3v) is 5.64. The Bertz CT molecular complexity index is 581. The molecule has 2 atom stereocenters. The summed E-state index contributed by atoms with van der Waals surface area (Å²) < 4.78 is 23.5. The second-order valence-corrected chi connectivity index (χ2v) is 7.87. The fourth-order valence-electron chi connectivity index (χ4n) is 3.19. The number of rotatable bonds is 2. The van der Waals surface area contributed by atoms with E-state index in [9.17, 15) is 8.42 Å². The van der Waals surface area contributed by atoms with Crippen LogP contribution in [0.5, 0.6) is 0 Å². The van der Waals surface area contributed by atoms with Crippen LogP contribution in [0.3, 0.4) is 0 Å². The highest BCUT2D eigenvalue weighted by molar-refractivity contribution is 7.90. The van der Waals surface area contributed by atoms with Crippen molar-refractivity contribution >= 4 is 15.7 Å². The minimum Gasteiger partial charge on any atom is -0.353 e. The average molecular weight is 284 g/mol. The molecule has 0 radical (unpaired) electrons. The summed E-state index contributed by atoms with van der Waals surface area (Å²) in [4.78, 5) is 2.19. The number of aromatic amines is 1. The normalized spacial score (nSPS) is 27.6. The number of piperidine rings is 1. The predicted molar refractivity (Wildman–Crippen MR) is 73.9 cm³/mol. The second kappa shape index (κ2) is 4.49. The Morgan fingerprint density at radius 3 is 2.89 bits per heavy atom. The zero-order valence-electron chi connectivity index (χ0n) is 11.1. The Balaban J connectivity index is 1.91. The number of nitrogens with one attached hydrogen (secondary N) is 1. The Morgan fingerprint density at radius 1 is 1.42 bits per heavy atom. The number of hydrogen-bond donors (Lipinski definition) is 2. The number of fused-ring (bicyclic) bond motifs is 1. The van der Waals surface area contributed by atoms with Gasteiger partial charge in [0.25, 0.3) is 0 Å². The van der Waals surface area contributed by atoms with E-state index in [-0.39, 0.29) is 6.04 Å². The number of hydrogen-bond acceptors (Lipinski definition) is 5. The third kappa shape index (κ3) is 2.25. The molecule has 1 aliphatic carbocycles. The van der Waals surface area contributed by atoms with Crippen molar-refractivity contribution in [2.75, 3.05) is 24.2 Å². The zero-order chi connectivity index (χ0) is 13.6. The lowest BCUT2D eigenvalue weighted by atomic mass is 10.1. The summed E-state index contributed by atoms with van der Waals surface area (Å²) in [7, 11) is -3.06. The SMILES string of the molecule is CS(=O)(=O)C1CCc2c(N3CCCC(N)C3)n[nH]c21. The largest absolute Gasteiger partial charge is 0.353 e. The molecule has 1 aliphatic heterocycles. The van der Waals surface area contributed by atoms with Gasteiger partial charge in [0.05, 0.1) is 5.69 Å². The highest BCUT2D eigenvalue weighted by Gasteiger charge is 2.36. The van der Waals surface area contributed by atoms with E-state index in [0.29, 0.717) is 6.42 Å². The van der Waals surface area contributed by atoms with Crippen LogP contribution >= 0.6 is 0 Å². The first-order valence-electron chi connectivity index (χ1n) is 6.73. The molecule has 0 spiro atoms. The maximum Gasteiger partial charge on any atom is 0.156 e. The van der Waals surface area contributed by atoms with E-state index < -0.39 is 15.1 Å². The highest BCUT2D eigenvalue weighted by atomic mass is 32.2. The topological polar surface area (TPSA) is 92.1 Å². The minimum absolute atomic E-state index is 0.188. The van der Waals surface area contributed by atoms with Crippen molar-refractivity contribution in [2.24, 2.45) is 5.73 Å². The van der Waals surface area contributed by atoms with Gasteiger partial charge in [-0.25, -0.2) is 8.42 Å². The van der Waals surface area contributed by atoms with Gasteiger partial charge in [-0.05, 0) is 25.7 Å². The van der Waals surface area contributed by atoms with Crippen molar-refractivity contribution in [1.29, 1.82) is 0 Å². The number of anilines is 1. The zero-order valence-corrected chi connectivity index (χ0v) is 11.9. The Hall–Kier alpha value is -1.08. The smallest absolute Gasteiger partial charge is 0.156 e. The summed E-state index contributed by atoms with van der Waals surface area (Å²) in [6, 6.07) is 0.188. The lowest BCUT2D eigenvalue weighted by Crippen LogP contribution is -2.43. The standard InChI is InChI=1S/C12H20N4O2S/c1-19(17,18)10-5-4-9-11(10)14-15-12(9)16-6-2-3-8(13)7-16/h8,10H,2-7,13H2,1H3,(H,14,15). The van der Waals surface area contributed by atoms with Gasteiger partial charge in [0, 0.05) is 31.0 Å². The lowest BCUT2D eigenvalue weighted by Gasteiger charge is -2.31. The molecule has 0 amide bonds. The van der Waals surface area contributed by atoms with Crippen molar-refractivity contribution < 1.29 is 8.42 Å². The average Bonchev–Trinajstić information content (AvgIpc) is 2.87. The van der Waals surface area contributed by atoms with Gasteiger partial charge in [-0.3, -0.25) is 5.10 Å². The van der Waals surface area contributed by atoms with Crippen LogP contribution in [-0.2, 0) is 16.3 Å². The van der Waals surface area contributed by atoms with Crippen LogP contribution < -0.4 is 10.6 Å². The fourth-order valence-corrected chi connectivity index (χ4v) is 4.36. The molecule has 19 heavy (non-hydrogen) atoms. The summed E-state index contributed by atoms with van der Waals surface area (Å²) in [6.07, 6.45) is 4.86. The molecular formula is C12H20N4O2S. The lowest BCUT2D eigenvalue weighted by molar-refractivity contribution is 0.502. The first-order valence-corrected chi connectivity index (χ1v) is 8.69. The Labute approximate surface area is 113 Å². The van der Waals surface area contributed by atoms with Gasteiger partial charge in [0.1, 0.15) is 5.25 Å². The molecule has 1 saturated heterocycles. The van der Waals surface area contributed by atoms with Crippen molar-refractivity contribution in [1.82, 2.24) is 10.2 Å². The van der Waals surface area contributed by atoms with Crippen LogP contribution in [0.1, 0.15) is 35.8 Å². The van der Waals surface area contributed by atoms with Crippen molar-refractivity contribution in [3.8, 4) is 0 Å². The van der Waals surface area contributed by atoms with Gasteiger partial charge in [-0.15, -0.1) is 0 Å². The molecule has 0 saturated carbocycles. The van der Waals surface area contributed by atoms with Crippen LogP contribution in [0.25, 0.3) is 0 Å². The van der Waals surface area contributed by atoms with Crippen LogP contribution in [0.15, 0.2) is 0 Å². The third-order valence-electron chi connectivity index (χ3n) is 4.13. The highest BCUT2D eigenvalue weighted by Crippen LogP contribution is 2.40. The number of sulfone groups is 1. The molecule has 1 aromatic rings. The maximum absolute atomic E-state index is 11.8. The molecule has 106 valence electrons. The van der Waals surface area contributed by atoms with Gasteiger partial charge in [0.15, 0.2) is 15.7 Å². The number of nitrogens with zero attached hydrogens (tertiary/aromatic N) is 2. The molecule has 6 nitrogen and oxygen atoms in total. The number of H-pyrrole nitrogens is 1. The van der Waals surface area contributed by atoms with Crippen LogP contribution in [-0.4, -0.2) is 44.0 Å². The molecule has 1 aromatic heterocycles. The quantitative estimate of drug-likeness (QED) is 0.818. The molecule has 3 rings (SSSR count). The molecule has 0 aromatic carbocycles. The summed E-state index contributed by atoms with van der Waals surface area (Å²) in [6.45, 7) is 1.76. The van der Waals surface area contributed by atoms with Crippen molar-refractivity contribution in [3.05, 3.63) is 11.3 Å². The van der Waals surface area contributed by atoms with Gasteiger partial charge in [0.2, 0.25) is 0 Å². The van der Waals surface area contributed by atoms with Gasteiger partial charge < -0.3 is 10.6 Å². The summed E-state index contributed by atoms with van der Waals surface area (Å²) in [5.74, 6) is 0.913. The summed E-state index contributed by atoms with van der Waals surface area (Å²) in [5.41, 5.74) is 7.86. The van der Waals surface area contributed by atoms with E-state index in [0.717, 1.165) is 49.4 Å². The molecule has 2 unspecified atom stereocenters. The van der Waals surface area contributed by atoms with Crippen LogP contribution in [0, 0.1) is 0 Å². The minimum atomic E-state index is -3.06. The second-order valence-electron chi connectivity index (χ2n) is 5.64. The van der Waals surface area contributed by atoms with Crippen molar-refractivity contribution in [3.63, 3.8) is 0 Å². The molecule has 2 heterocycles. The molecule has 3 N–H and O–H groups in total. The maximum atomic E-state index is 11.8. The first kappa shape index (κ1) is 12.9. The number of aromatic nitrogens is 2. The molecular weight excluding hydrogens is 264 g/mol. The van der Waals surface area contributed by atoms with E-state index in [1.165, 1.54) is 6.26 Å². The Kier molecular flexibility index (Phi) is 3.05. The van der Waals surface area contributed by atoms with E-state index in [4.69, 9.17) is 5.73 Å². The number of nitrogens with two attached hydrogens (primary N) is 1. The van der Waals surface area contributed by atoms with Gasteiger partial charge >= 0.3 is 0 Å². The van der Waals surface area contributed by atoms with Gasteiger partial charge in [-0.2, -0.15) is 5.10 Å². The van der Waals surface area contributed by atoms with Crippen molar-refractivity contribution in [2.45, 2.75) is 37.0 Å². The first-order chi connectivity index (χ1) is 8.97. The summed E-state index contributed by atoms with van der Waals surface area (Å²) in [5, 5.41) is 6.87. The van der Waals surface area contributed by atoms with Crippen LogP contribution in [0.2, 0.25) is 0 Å². The molecule has 7 heteroatoms. The Morgan fingerprint density at radius 2 is 2.21 bits per heavy atom. The van der Waals surface area contributed by atoms with E-state index in [2.05, 4.69) is 15.1 Å². The molecule has 1 fully saturated rings. The summed E-state index contributed by atoms with van der Waals surface area (Å²) >= 11 is 0. The monoisotopic (exact) mass is 284 g/mol. The van der Waals surface area contributed by atoms with Crippen LogP contribution in [0.4, 0.5) is 5.82 Å². The molecule has 2 aliphatic rings. The van der Waals surface area contributed by atoms with E-state index in [1.807, 2.05) is 0 Å². The van der Waals surface area contributed by atoms with E-state index in [1.54, 1.807) is 0 Å². The fraction of sp³-hybridized carbons (Fsp3) is 0.750. The predicted octanol–water partition coefficient (Wildman–Crippen LogP) is 0.369. The van der Waals surface area contributed by atoms with Gasteiger partial charge in [-0.1, -0.05) is 0 Å². The molecule has 0 bridgehead atoms.